The van der Waals surface area contributed by atoms with Gasteiger partial charge in [-0.05, 0) is 42.5 Å². The number of hydrogen-bond donors (Lipinski definition) is 0. The minimum Gasteiger partial charge on any atom is -0.262 e. The fourth-order valence-corrected chi connectivity index (χ4v) is 4.45. The van der Waals surface area contributed by atoms with Crippen LogP contribution in [0.1, 0.15) is 0 Å². The predicted molar refractivity (Wildman–Crippen MR) is 97.0 cm³/mol. The lowest BCUT2D eigenvalue weighted by molar-refractivity contribution is -0.137. The molecule has 0 aromatic heterocycles. The van der Waals surface area contributed by atoms with Crippen LogP contribution in [0.5, 0.6) is 0 Å². The monoisotopic (exact) mass is 414 g/mol. The van der Waals surface area contributed by atoms with E-state index in [1.807, 2.05) is 0 Å². The Balaban J connectivity index is 2.11. The third-order valence-corrected chi connectivity index (χ3v) is 6.09. The Labute approximate surface area is 158 Å². The molecular formula is C15H8Cl2N2O4S2. The summed E-state index contributed by atoms with van der Waals surface area (Å²) in [6.07, 6.45) is 0. The maximum Gasteiger partial charge on any atom is 0.333 e. The molecule has 0 N–H and O–H groups in total. The molecule has 1 heterocycles. The Kier molecular flexibility index (Phi) is 4.54. The lowest BCUT2D eigenvalue weighted by Gasteiger charge is -2.19. The minimum atomic E-state index is -4.33. The second-order valence-corrected chi connectivity index (χ2v) is 7.90. The average Bonchev–Trinajstić information content (AvgIpc) is 2.81. The van der Waals surface area contributed by atoms with Crippen molar-refractivity contribution in [3.05, 3.63) is 58.6 Å². The zero-order valence-electron chi connectivity index (χ0n) is 12.2. The maximum absolute atomic E-state index is 12.7. The van der Waals surface area contributed by atoms with Crippen LogP contribution in [-0.4, -0.2) is 29.6 Å². The molecule has 128 valence electrons. The van der Waals surface area contributed by atoms with Gasteiger partial charge in [0.15, 0.2) is 0 Å². The van der Waals surface area contributed by atoms with Gasteiger partial charge in [0.25, 0.3) is 10.0 Å². The molecule has 1 aliphatic rings. The summed E-state index contributed by atoms with van der Waals surface area (Å²) in [6.45, 7) is 0. The third kappa shape index (κ3) is 2.91. The smallest absolute Gasteiger partial charge is 0.262 e. The van der Waals surface area contributed by atoms with Crippen LogP contribution in [0.15, 0.2) is 53.4 Å². The van der Waals surface area contributed by atoms with Gasteiger partial charge in [-0.2, -0.15) is 4.31 Å². The van der Waals surface area contributed by atoms with E-state index < -0.39 is 27.0 Å². The predicted octanol–water partition coefficient (Wildman–Crippen LogP) is 2.84. The summed E-state index contributed by atoms with van der Waals surface area (Å²) in [4.78, 5) is 25.2. The van der Waals surface area contributed by atoms with Gasteiger partial charge in [0, 0.05) is 5.02 Å². The SMILES string of the molecule is O=C1C(=O)N(S(=O)(=O)c2ccccc2)C(=S)N1c1cc(Cl)ccc1Cl. The van der Waals surface area contributed by atoms with Crippen molar-refractivity contribution in [3.63, 3.8) is 0 Å². The molecule has 1 aliphatic heterocycles. The number of anilines is 1. The summed E-state index contributed by atoms with van der Waals surface area (Å²) >= 11 is 17.0. The molecule has 3 rings (SSSR count). The number of benzene rings is 2. The van der Waals surface area contributed by atoms with E-state index in [1.54, 1.807) is 6.07 Å². The van der Waals surface area contributed by atoms with Crippen molar-refractivity contribution >= 4 is 68.1 Å². The first kappa shape index (κ1) is 17.8. The number of amides is 2. The number of carbonyl (C=O) groups is 2. The van der Waals surface area contributed by atoms with Gasteiger partial charge in [-0.1, -0.05) is 41.4 Å². The molecule has 0 bridgehead atoms. The van der Waals surface area contributed by atoms with Crippen molar-refractivity contribution in [3.8, 4) is 0 Å². The summed E-state index contributed by atoms with van der Waals surface area (Å²) in [7, 11) is -4.33. The zero-order valence-corrected chi connectivity index (χ0v) is 15.4. The Morgan fingerprint density at radius 1 is 0.920 bits per heavy atom. The Morgan fingerprint density at radius 2 is 1.56 bits per heavy atom. The molecule has 2 amide bonds. The van der Waals surface area contributed by atoms with E-state index in [0.717, 1.165) is 4.90 Å². The molecule has 0 spiro atoms. The molecule has 0 saturated carbocycles. The van der Waals surface area contributed by atoms with Crippen LogP contribution in [0.25, 0.3) is 0 Å². The van der Waals surface area contributed by atoms with E-state index in [4.69, 9.17) is 35.4 Å². The number of carbonyl (C=O) groups excluding carboxylic acids is 2. The van der Waals surface area contributed by atoms with Crippen molar-refractivity contribution in [2.24, 2.45) is 0 Å². The number of nitrogens with zero attached hydrogens (tertiary/aromatic N) is 2. The van der Waals surface area contributed by atoms with Gasteiger partial charge in [0.2, 0.25) is 5.11 Å². The van der Waals surface area contributed by atoms with Crippen molar-refractivity contribution < 1.29 is 18.0 Å². The van der Waals surface area contributed by atoms with E-state index in [1.165, 1.54) is 42.5 Å². The molecule has 0 atom stereocenters. The molecule has 25 heavy (non-hydrogen) atoms. The number of halogens is 2. The van der Waals surface area contributed by atoms with Crippen molar-refractivity contribution in [2.45, 2.75) is 4.90 Å². The van der Waals surface area contributed by atoms with Crippen LogP contribution in [-0.2, 0) is 19.6 Å². The van der Waals surface area contributed by atoms with Gasteiger partial charge >= 0.3 is 11.8 Å². The molecule has 10 heteroatoms. The van der Waals surface area contributed by atoms with Crippen molar-refractivity contribution in [2.75, 3.05) is 4.90 Å². The Bertz CT molecular complexity index is 1010. The van der Waals surface area contributed by atoms with E-state index in [-0.39, 0.29) is 24.9 Å². The number of rotatable bonds is 3. The van der Waals surface area contributed by atoms with Crippen LogP contribution in [0.4, 0.5) is 5.69 Å². The minimum absolute atomic E-state index is 0.0308. The lowest BCUT2D eigenvalue weighted by Crippen LogP contribution is -2.38. The van der Waals surface area contributed by atoms with E-state index in [0.29, 0.717) is 0 Å². The molecular weight excluding hydrogens is 407 g/mol. The van der Waals surface area contributed by atoms with Crippen LogP contribution in [0.2, 0.25) is 10.0 Å². The van der Waals surface area contributed by atoms with E-state index >= 15 is 0 Å². The van der Waals surface area contributed by atoms with Crippen LogP contribution in [0, 0.1) is 0 Å². The highest BCUT2D eigenvalue weighted by molar-refractivity contribution is 7.92. The van der Waals surface area contributed by atoms with Gasteiger partial charge in [0.1, 0.15) is 0 Å². The van der Waals surface area contributed by atoms with Crippen LogP contribution in [0.3, 0.4) is 0 Å². The van der Waals surface area contributed by atoms with Gasteiger partial charge in [0.05, 0.1) is 15.6 Å². The number of sulfonamides is 1. The second-order valence-electron chi connectivity index (χ2n) is 4.91. The molecule has 0 radical (unpaired) electrons. The van der Waals surface area contributed by atoms with Gasteiger partial charge in [-0.25, -0.2) is 13.3 Å². The Morgan fingerprint density at radius 3 is 2.20 bits per heavy atom. The molecule has 1 fully saturated rings. The summed E-state index contributed by atoms with van der Waals surface area (Å²) < 4.78 is 25.7. The molecule has 2 aromatic rings. The topological polar surface area (TPSA) is 74.8 Å². The summed E-state index contributed by atoms with van der Waals surface area (Å²) in [5, 5.41) is -0.179. The Hall–Kier alpha value is -2.00. The number of thiocarbonyl (C=S) groups is 1. The normalized spacial score (nSPS) is 15.2. The summed E-state index contributed by atoms with van der Waals surface area (Å²) in [6, 6.07) is 11.4. The fourth-order valence-electron chi connectivity index (χ4n) is 2.23. The van der Waals surface area contributed by atoms with Gasteiger partial charge < -0.3 is 0 Å². The van der Waals surface area contributed by atoms with Crippen LogP contribution < -0.4 is 4.90 Å². The third-order valence-electron chi connectivity index (χ3n) is 3.37. The molecule has 6 nitrogen and oxygen atoms in total. The first-order valence-electron chi connectivity index (χ1n) is 6.73. The fraction of sp³-hybridized carbons (Fsp3) is 0. The number of hydrogen-bond acceptors (Lipinski definition) is 5. The van der Waals surface area contributed by atoms with Crippen molar-refractivity contribution in [1.29, 1.82) is 0 Å². The van der Waals surface area contributed by atoms with Gasteiger partial charge in [-0.3, -0.25) is 9.59 Å². The highest BCUT2D eigenvalue weighted by Crippen LogP contribution is 2.34. The highest BCUT2D eigenvalue weighted by Gasteiger charge is 2.49. The zero-order chi connectivity index (χ0) is 18.4. The van der Waals surface area contributed by atoms with Crippen molar-refractivity contribution in [1.82, 2.24) is 4.31 Å². The second kappa shape index (κ2) is 6.38. The van der Waals surface area contributed by atoms with Crippen LogP contribution >= 0.6 is 35.4 Å². The quantitative estimate of drug-likeness (QED) is 0.570. The maximum atomic E-state index is 12.7. The largest absolute Gasteiger partial charge is 0.333 e. The molecule has 1 saturated heterocycles. The average molecular weight is 415 g/mol. The molecule has 2 aromatic carbocycles. The highest BCUT2D eigenvalue weighted by atomic mass is 35.5. The summed E-state index contributed by atoms with van der Waals surface area (Å²) in [5.41, 5.74) is 0.0308. The lowest BCUT2D eigenvalue weighted by atomic mass is 10.3. The summed E-state index contributed by atoms with van der Waals surface area (Å²) in [5.74, 6) is -2.42. The van der Waals surface area contributed by atoms with E-state index in [2.05, 4.69) is 0 Å². The molecule has 0 unspecified atom stereocenters. The van der Waals surface area contributed by atoms with E-state index in [9.17, 15) is 18.0 Å². The first-order chi connectivity index (χ1) is 11.7. The molecule has 0 aliphatic carbocycles. The first-order valence-corrected chi connectivity index (χ1v) is 9.33. The standard InChI is InChI=1S/C15H8Cl2N2O4S2/c16-9-6-7-11(17)12(8-9)18-13(20)14(21)19(15(18)24)25(22,23)10-4-2-1-3-5-10/h1-8H. The van der Waals surface area contributed by atoms with Gasteiger partial charge in [-0.15, -0.1) is 0 Å².